The van der Waals surface area contributed by atoms with E-state index in [1.165, 1.54) is 6.07 Å². The Hall–Kier alpha value is -1.60. The van der Waals surface area contributed by atoms with Gasteiger partial charge in [-0.1, -0.05) is 26.7 Å². The number of sulfonamides is 1. The van der Waals surface area contributed by atoms with Crippen molar-refractivity contribution < 1.29 is 18.3 Å². The van der Waals surface area contributed by atoms with Gasteiger partial charge in [0.25, 0.3) is 0 Å². The van der Waals surface area contributed by atoms with Crippen LogP contribution in [0.15, 0.2) is 17.0 Å². The van der Waals surface area contributed by atoms with Crippen molar-refractivity contribution in [1.82, 2.24) is 0 Å². The van der Waals surface area contributed by atoms with Gasteiger partial charge >= 0.3 is 5.97 Å². The van der Waals surface area contributed by atoms with E-state index in [1.54, 1.807) is 0 Å². The van der Waals surface area contributed by atoms with E-state index in [1.807, 2.05) is 13.8 Å². The minimum absolute atomic E-state index is 0.0803. The van der Waals surface area contributed by atoms with Gasteiger partial charge in [0.1, 0.15) is 0 Å². The lowest BCUT2D eigenvalue weighted by Crippen LogP contribution is -2.18. The first-order chi connectivity index (χ1) is 10.3. The molecule has 6 nitrogen and oxygen atoms in total. The van der Waals surface area contributed by atoms with Crippen molar-refractivity contribution in [1.29, 1.82) is 0 Å². The molecule has 0 amide bonds. The number of anilines is 1. The molecule has 0 heterocycles. The first kappa shape index (κ1) is 18.4. The largest absolute Gasteiger partial charge is 0.478 e. The average molecular weight is 328 g/mol. The summed E-state index contributed by atoms with van der Waals surface area (Å²) in [6, 6.07) is 2.63. The third-order valence-electron chi connectivity index (χ3n) is 3.39. The average Bonchev–Trinajstić information content (AvgIpc) is 2.44. The molecule has 4 N–H and O–H groups in total. The van der Waals surface area contributed by atoms with Crippen LogP contribution in [0, 0.1) is 0 Å². The number of carboxylic acids is 1. The van der Waals surface area contributed by atoms with Gasteiger partial charge in [-0.15, -0.1) is 0 Å². The zero-order chi connectivity index (χ0) is 16.8. The third-order valence-corrected chi connectivity index (χ3v) is 4.37. The summed E-state index contributed by atoms with van der Waals surface area (Å²) in [4.78, 5) is 11.1. The Morgan fingerprint density at radius 3 is 2.36 bits per heavy atom. The van der Waals surface area contributed by atoms with E-state index in [9.17, 15) is 18.3 Å². The predicted octanol–water partition coefficient (Wildman–Crippen LogP) is 2.59. The van der Waals surface area contributed by atoms with Crippen LogP contribution in [0.25, 0.3) is 0 Å². The zero-order valence-electron chi connectivity index (χ0n) is 13.1. The summed E-state index contributed by atoms with van der Waals surface area (Å²) in [6.07, 6.45) is 4.14. The third kappa shape index (κ3) is 4.99. The number of nitrogens with one attached hydrogen (secondary N) is 1. The second-order valence-corrected chi connectivity index (χ2v) is 6.76. The molecule has 0 aromatic heterocycles. The Bertz CT molecular complexity index is 627. The highest BCUT2D eigenvalue weighted by Gasteiger charge is 2.20. The predicted molar refractivity (Wildman–Crippen MR) is 86.8 cm³/mol. The number of carbonyl (C=O) groups is 1. The van der Waals surface area contributed by atoms with Gasteiger partial charge in [0.2, 0.25) is 10.0 Å². The first-order valence-electron chi connectivity index (χ1n) is 7.48. The fraction of sp³-hybridized carbons (Fsp3) is 0.533. The number of nitrogens with two attached hydrogens (primary N) is 1. The van der Waals surface area contributed by atoms with Crippen LogP contribution in [0.3, 0.4) is 0 Å². The summed E-state index contributed by atoms with van der Waals surface area (Å²) in [7, 11) is -3.98. The van der Waals surface area contributed by atoms with Crippen molar-refractivity contribution in [2.24, 2.45) is 5.14 Å². The molecule has 0 aliphatic heterocycles. The Morgan fingerprint density at radius 1 is 1.23 bits per heavy atom. The lowest BCUT2D eigenvalue weighted by molar-refractivity contribution is 0.0696. The monoisotopic (exact) mass is 328 g/mol. The molecule has 0 radical (unpaired) electrons. The van der Waals surface area contributed by atoms with E-state index < -0.39 is 16.0 Å². The van der Waals surface area contributed by atoms with Gasteiger partial charge in [-0.05, 0) is 37.0 Å². The van der Waals surface area contributed by atoms with Crippen LogP contribution in [-0.2, 0) is 16.4 Å². The van der Waals surface area contributed by atoms with Crippen molar-refractivity contribution >= 4 is 21.7 Å². The Balaban J connectivity index is 3.40. The molecule has 22 heavy (non-hydrogen) atoms. The van der Waals surface area contributed by atoms with Gasteiger partial charge in [-0.2, -0.15) is 0 Å². The number of aromatic carboxylic acids is 1. The molecule has 0 saturated carbocycles. The molecule has 1 rings (SSSR count). The topological polar surface area (TPSA) is 109 Å². The van der Waals surface area contributed by atoms with E-state index in [0.717, 1.165) is 31.7 Å². The van der Waals surface area contributed by atoms with E-state index in [0.29, 0.717) is 24.2 Å². The highest BCUT2D eigenvalue weighted by atomic mass is 32.2. The van der Waals surface area contributed by atoms with E-state index >= 15 is 0 Å². The molecular formula is C15H24N2O4S. The maximum Gasteiger partial charge on any atom is 0.335 e. The van der Waals surface area contributed by atoms with Crippen LogP contribution in [0.2, 0.25) is 0 Å². The summed E-state index contributed by atoms with van der Waals surface area (Å²) in [6.45, 7) is 4.71. The van der Waals surface area contributed by atoms with E-state index in [4.69, 9.17) is 5.14 Å². The fourth-order valence-electron chi connectivity index (χ4n) is 2.19. The van der Waals surface area contributed by atoms with Crippen molar-refractivity contribution in [3.63, 3.8) is 0 Å². The molecule has 1 aromatic carbocycles. The quantitative estimate of drug-likeness (QED) is 0.604. The fourth-order valence-corrected chi connectivity index (χ4v) is 3.04. The Labute approximate surface area is 131 Å². The number of carboxylic acid groups (broad SMARTS) is 1. The zero-order valence-corrected chi connectivity index (χ0v) is 13.9. The lowest BCUT2D eigenvalue weighted by atomic mass is 10.0. The van der Waals surface area contributed by atoms with Crippen LogP contribution < -0.4 is 10.5 Å². The summed E-state index contributed by atoms with van der Waals surface area (Å²) in [5, 5.41) is 17.6. The normalized spacial score (nSPS) is 11.4. The standard InChI is InChI=1S/C15H24N2O4S/c1-3-5-7-12-13(17-8-6-4-2)9-11(15(18)19)10-14(12)22(16,20)21/h9-10,17H,3-8H2,1-2H3,(H,18,19)(H2,16,20,21). The minimum atomic E-state index is -3.98. The maximum atomic E-state index is 11.8. The second kappa shape index (κ2) is 8.14. The minimum Gasteiger partial charge on any atom is -0.478 e. The number of benzene rings is 1. The molecule has 0 aliphatic carbocycles. The molecule has 0 fully saturated rings. The molecule has 7 heteroatoms. The second-order valence-electron chi connectivity index (χ2n) is 5.23. The molecule has 1 aromatic rings. The van der Waals surface area contributed by atoms with Crippen LogP contribution in [-0.4, -0.2) is 26.0 Å². The first-order valence-corrected chi connectivity index (χ1v) is 9.02. The Kier molecular flexibility index (Phi) is 6.83. The molecule has 124 valence electrons. The van der Waals surface area contributed by atoms with Crippen molar-refractivity contribution in [3.8, 4) is 0 Å². The van der Waals surface area contributed by atoms with Crippen molar-refractivity contribution in [3.05, 3.63) is 23.3 Å². The number of primary sulfonamides is 1. The molecule has 0 atom stereocenters. The number of unbranched alkanes of at least 4 members (excludes halogenated alkanes) is 2. The van der Waals surface area contributed by atoms with Crippen LogP contribution in [0.1, 0.15) is 55.5 Å². The van der Waals surface area contributed by atoms with Gasteiger partial charge < -0.3 is 10.4 Å². The number of hydrogen-bond donors (Lipinski definition) is 3. The van der Waals surface area contributed by atoms with E-state index in [-0.39, 0.29) is 10.5 Å². The molecule has 0 spiro atoms. The van der Waals surface area contributed by atoms with Gasteiger partial charge in [-0.25, -0.2) is 18.4 Å². The lowest BCUT2D eigenvalue weighted by Gasteiger charge is -2.16. The van der Waals surface area contributed by atoms with Crippen molar-refractivity contribution in [2.45, 2.75) is 50.8 Å². The Morgan fingerprint density at radius 2 is 1.86 bits per heavy atom. The summed E-state index contributed by atoms with van der Waals surface area (Å²) in [5.74, 6) is -1.18. The van der Waals surface area contributed by atoms with Gasteiger partial charge in [-0.3, -0.25) is 0 Å². The molecule has 0 unspecified atom stereocenters. The summed E-state index contributed by atoms with van der Waals surface area (Å²) >= 11 is 0. The van der Waals surface area contributed by atoms with Gasteiger partial charge in [0.15, 0.2) is 0 Å². The highest BCUT2D eigenvalue weighted by Crippen LogP contribution is 2.28. The SMILES string of the molecule is CCCCNc1cc(C(=O)O)cc(S(N)(=O)=O)c1CCCC. The summed E-state index contributed by atoms with van der Waals surface area (Å²) in [5.41, 5.74) is 1.04. The molecule has 0 bridgehead atoms. The summed E-state index contributed by atoms with van der Waals surface area (Å²) < 4.78 is 23.7. The number of hydrogen-bond acceptors (Lipinski definition) is 4. The maximum absolute atomic E-state index is 11.8. The molecule has 0 saturated heterocycles. The van der Waals surface area contributed by atoms with Gasteiger partial charge in [0.05, 0.1) is 10.5 Å². The van der Waals surface area contributed by atoms with Crippen molar-refractivity contribution in [2.75, 3.05) is 11.9 Å². The molecular weight excluding hydrogens is 304 g/mol. The molecule has 0 aliphatic rings. The highest BCUT2D eigenvalue weighted by molar-refractivity contribution is 7.89. The van der Waals surface area contributed by atoms with Gasteiger partial charge in [0, 0.05) is 12.2 Å². The van der Waals surface area contributed by atoms with Crippen LogP contribution >= 0.6 is 0 Å². The van der Waals surface area contributed by atoms with Crippen LogP contribution in [0.4, 0.5) is 5.69 Å². The smallest absolute Gasteiger partial charge is 0.335 e. The number of rotatable bonds is 9. The van der Waals surface area contributed by atoms with E-state index in [2.05, 4.69) is 5.32 Å². The van der Waals surface area contributed by atoms with Crippen LogP contribution in [0.5, 0.6) is 0 Å².